The number of hydrogen-bond donors (Lipinski definition) is 2. The Balaban J connectivity index is 2.11. The number of nitrogens with two attached hydrogens (primary N) is 1. The van der Waals surface area contributed by atoms with E-state index < -0.39 is 76.1 Å². The number of amides is 2. The standard InChI is InChI=1S/C21H19F6N3O4/c1-8-12(9-4-5-10(22)13(23)16(9)33-3)17(34-20(8,2)21(25,26)27)19(32)30-11-6-7-29-15(14(11)24)18(28)31/h4-8,12,17H,1-3H3,(H2,28,31)(H,29,30,32)/t8-,12+,17-,20+/m1/s1. The van der Waals surface area contributed by atoms with Crippen LogP contribution in [0.15, 0.2) is 24.4 Å². The summed E-state index contributed by atoms with van der Waals surface area (Å²) in [6.45, 7) is 1.84. The fraction of sp³-hybridized carbons (Fsp3) is 0.381. The summed E-state index contributed by atoms with van der Waals surface area (Å²) in [6, 6.07) is 2.62. The SMILES string of the molecule is COc1c([C@@H]2[C@@H](C)[C@@](C)(C(F)(F)F)O[C@H]2C(=O)Nc2ccnc(C(N)=O)c2F)ccc(F)c1F. The topological polar surface area (TPSA) is 104 Å². The molecule has 1 aromatic carbocycles. The second-order valence-corrected chi connectivity index (χ2v) is 7.82. The smallest absolute Gasteiger partial charge is 0.417 e. The van der Waals surface area contributed by atoms with Gasteiger partial charge in [0.15, 0.2) is 28.7 Å². The number of primary amides is 1. The van der Waals surface area contributed by atoms with Crippen molar-refractivity contribution in [2.24, 2.45) is 11.7 Å². The van der Waals surface area contributed by atoms with Crippen LogP contribution in [0.3, 0.4) is 0 Å². The van der Waals surface area contributed by atoms with Crippen molar-refractivity contribution in [3.05, 3.63) is 53.1 Å². The van der Waals surface area contributed by atoms with Crippen LogP contribution >= 0.6 is 0 Å². The van der Waals surface area contributed by atoms with E-state index in [2.05, 4.69) is 10.3 Å². The first-order chi connectivity index (χ1) is 15.7. The third-order valence-electron chi connectivity index (χ3n) is 5.95. The van der Waals surface area contributed by atoms with Crippen LogP contribution in [0.4, 0.5) is 32.0 Å². The van der Waals surface area contributed by atoms with Crippen LogP contribution in [0.2, 0.25) is 0 Å². The Bertz CT molecular complexity index is 1140. The molecule has 184 valence electrons. The van der Waals surface area contributed by atoms with Gasteiger partial charge in [-0.3, -0.25) is 9.59 Å². The number of anilines is 1. The average molecular weight is 491 g/mol. The van der Waals surface area contributed by atoms with Gasteiger partial charge in [0.05, 0.1) is 12.8 Å². The van der Waals surface area contributed by atoms with Crippen molar-refractivity contribution in [3.63, 3.8) is 0 Å². The van der Waals surface area contributed by atoms with Crippen molar-refractivity contribution in [3.8, 4) is 5.75 Å². The maximum Gasteiger partial charge on any atom is 0.417 e. The number of benzene rings is 1. The van der Waals surface area contributed by atoms with Gasteiger partial charge in [-0.25, -0.2) is 13.8 Å². The molecular weight excluding hydrogens is 472 g/mol. The lowest BCUT2D eigenvalue weighted by Gasteiger charge is -2.32. The maximum absolute atomic E-state index is 14.5. The normalized spacial score (nSPS) is 24.7. The molecule has 3 rings (SSSR count). The van der Waals surface area contributed by atoms with Crippen LogP contribution in [-0.2, 0) is 9.53 Å². The summed E-state index contributed by atoms with van der Waals surface area (Å²) in [7, 11) is 0.984. The lowest BCUT2D eigenvalue weighted by Crippen LogP contribution is -2.47. The monoisotopic (exact) mass is 491 g/mol. The average Bonchev–Trinajstić information content (AvgIpc) is 3.03. The van der Waals surface area contributed by atoms with Crippen molar-refractivity contribution >= 4 is 17.5 Å². The molecule has 2 aromatic rings. The molecule has 1 fully saturated rings. The van der Waals surface area contributed by atoms with Gasteiger partial charge in [0, 0.05) is 23.6 Å². The molecule has 0 aliphatic carbocycles. The van der Waals surface area contributed by atoms with E-state index in [1.54, 1.807) is 0 Å². The van der Waals surface area contributed by atoms with E-state index >= 15 is 0 Å². The largest absolute Gasteiger partial charge is 0.493 e. The van der Waals surface area contributed by atoms with Crippen molar-refractivity contribution < 1.29 is 45.4 Å². The van der Waals surface area contributed by atoms with E-state index in [-0.39, 0.29) is 5.56 Å². The molecule has 1 aromatic heterocycles. The number of rotatable bonds is 5. The molecule has 2 amide bonds. The molecule has 4 atom stereocenters. The number of pyridine rings is 1. The predicted molar refractivity (Wildman–Crippen MR) is 105 cm³/mol. The van der Waals surface area contributed by atoms with Gasteiger partial charge in [-0.1, -0.05) is 13.0 Å². The van der Waals surface area contributed by atoms with Gasteiger partial charge >= 0.3 is 6.18 Å². The Hall–Kier alpha value is -3.35. The van der Waals surface area contributed by atoms with Gasteiger partial charge in [0.25, 0.3) is 11.8 Å². The lowest BCUT2D eigenvalue weighted by molar-refractivity contribution is -0.272. The number of carbonyl (C=O) groups excluding carboxylic acids is 2. The Morgan fingerprint density at radius 2 is 1.82 bits per heavy atom. The summed E-state index contributed by atoms with van der Waals surface area (Å²) in [5, 5.41) is 2.06. The number of alkyl halides is 3. The second-order valence-electron chi connectivity index (χ2n) is 7.82. The molecule has 0 spiro atoms. The fourth-order valence-electron chi connectivity index (χ4n) is 3.96. The zero-order valence-electron chi connectivity index (χ0n) is 18.0. The number of hydrogen-bond acceptors (Lipinski definition) is 5. The molecule has 0 bridgehead atoms. The number of ether oxygens (including phenoxy) is 2. The number of nitrogens with one attached hydrogen (secondary N) is 1. The Kier molecular flexibility index (Phi) is 6.53. The molecule has 0 saturated carbocycles. The van der Waals surface area contributed by atoms with Crippen LogP contribution in [-0.4, -0.2) is 41.8 Å². The molecule has 34 heavy (non-hydrogen) atoms. The zero-order valence-corrected chi connectivity index (χ0v) is 18.0. The molecular formula is C21H19F6N3O4. The first-order valence-electron chi connectivity index (χ1n) is 9.76. The van der Waals surface area contributed by atoms with Gasteiger partial charge in [0.2, 0.25) is 5.82 Å². The number of halogens is 6. The summed E-state index contributed by atoms with van der Waals surface area (Å²) in [5.74, 6) is -10.2. The quantitative estimate of drug-likeness (QED) is 0.622. The van der Waals surface area contributed by atoms with E-state index in [4.69, 9.17) is 15.2 Å². The van der Waals surface area contributed by atoms with Crippen LogP contribution < -0.4 is 15.8 Å². The van der Waals surface area contributed by atoms with Gasteiger partial charge in [0.1, 0.15) is 6.10 Å². The van der Waals surface area contributed by atoms with Gasteiger partial charge in [-0.05, 0) is 19.1 Å². The molecule has 1 saturated heterocycles. The van der Waals surface area contributed by atoms with Crippen molar-refractivity contribution in [2.45, 2.75) is 37.6 Å². The van der Waals surface area contributed by atoms with Gasteiger partial charge < -0.3 is 20.5 Å². The van der Waals surface area contributed by atoms with E-state index in [0.29, 0.717) is 13.0 Å². The number of aromatic nitrogens is 1. The maximum atomic E-state index is 14.5. The van der Waals surface area contributed by atoms with Crippen LogP contribution in [0.5, 0.6) is 5.75 Å². The van der Waals surface area contributed by atoms with Crippen molar-refractivity contribution in [2.75, 3.05) is 12.4 Å². The lowest BCUT2D eigenvalue weighted by atomic mass is 9.77. The highest BCUT2D eigenvalue weighted by Crippen LogP contribution is 2.55. The highest BCUT2D eigenvalue weighted by atomic mass is 19.4. The summed E-state index contributed by atoms with van der Waals surface area (Å²) in [5.41, 5.74) is 0.468. The van der Waals surface area contributed by atoms with Gasteiger partial charge in [-0.15, -0.1) is 0 Å². The van der Waals surface area contributed by atoms with Crippen LogP contribution in [0.1, 0.15) is 35.8 Å². The number of methoxy groups -OCH3 is 1. The van der Waals surface area contributed by atoms with Gasteiger partial charge in [-0.2, -0.15) is 17.6 Å². The Labute approximate surface area is 189 Å². The molecule has 1 aliphatic rings. The van der Waals surface area contributed by atoms with E-state index in [0.717, 1.165) is 32.4 Å². The molecule has 2 heterocycles. The first-order valence-corrected chi connectivity index (χ1v) is 9.76. The van der Waals surface area contributed by atoms with E-state index in [1.807, 2.05) is 0 Å². The third kappa shape index (κ3) is 4.04. The highest BCUT2D eigenvalue weighted by Gasteiger charge is 2.66. The number of nitrogens with zero attached hydrogens (tertiary/aromatic N) is 1. The number of carbonyl (C=O) groups is 2. The van der Waals surface area contributed by atoms with Crippen LogP contribution in [0, 0.1) is 23.4 Å². The first kappa shape index (κ1) is 25.3. The molecule has 7 nitrogen and oxygen atoms in total. The van der Waals surface area contributed by atoms with E-state index in [9.17, 15) is 35.9 Å². The Morgan fingerprint density at radius 1 is 1.18 bits per heavy atom. The minimum Gasteiger partial charge on any atom is -0.493 e. The fourth-order valence-corrected chi connectivity index (χ4v) is 3.96. The second kappa shape index (κ2) is 8.78. The summed E-state index contributed by atoms with van der Waals surface area (Å²) in [6.07, 6.45) is -5.95. The molecule has 13 heteroatoms. The van der Waals surface area contributed by atoms with Crippen molar-refractivity contribution in [1.29, 1.82) is 0 Å². The van der Waals surface area contributed by atoms with Crippen molar-refractivity contribution in [1.82, 2.24) is 4.98 Å². The summed E-state index contributed by atoms with van der Waals surface area (Å²) >= 11 is 0. The predicted octanol–water partition coefficient (Wildman–Crippen LogP) is 3.68. The highest BCUT2D eigenvalue weighted by molar-refractivity contribution is 5.97. The minimum absolute atomic E-state index is 0.255. The molecule has 3 N–H and O–H groups in total. The molecule has 0 radical (unpaired) electrons. The van der Waals surface area contributed by atoms with Crippen LogP contribution in [0.25, 0.3) is 0 Å². The molecule has 1 aliphatic heterocycles. The Morgan fingerprint density at radius 3 is 2.38 bits per heavy atom. The summed E-state index contributed by atoms with van der Waals surface area (Å²) in [4.78, 5) is 27.8. The minimum atomic E-state index is -4.97. The van der Waals surface area contributed by atoms with E-state index in [1.165, 1.54) is 0 Å². The summed E-state index contributed by atoms with van der Waals surface area (Å²) < 4.78 is 94.5. The third-order valence-corrected chi connectivity index (χ3v) is 5.95. The zero-order chi connectivity index (χ0) is 25.6. The molecule has 0 unspecified atom stereocenters.